The van der Waals surface area contributed by atoms with Crippen LogP contribution in [0.25, 0.3) is 0 Å². The quantitative estimate of drug-likeness (QED) is 0.785. The normalized spacial score (nSPS) is 25.0. The van der Waals surface area contributed by atoms with Gasteiger partial charge in [-0.2, -0.15) is 0 Å². The van der Waals surface area contributed by atoms with Crippen LogP contribution in [0.5, 0.6) is 0 Å². The van der Waals surface area contributed by atoms with Crippen molar-refractivity contribution < 1.29 is 14.0 Å². The molecule has 2 fully saturated rings. The largest absolute Gasteiger partial charge is 0.352 e. The number of benzene rings is 1. The number of hydrogen-bond acceptors (Lipinski definition) is 2. The summed E-state index contributed by atoms with van der Waals surface area (Å²) in [7, 11) is 0. The molecular weight excluding hydrogens is 378 g/mol. The zero-order chi connectivity index (χ0) is 19.1. The fourth-order valence-electron chi connectivity index (χ4n) is 3.41. The maximum atomic E-state index is 13.6. The van der Waals surface area contributed by atoms with E-state index in [-0.39, 0.29) is 23.5 Å². The lowest BCUT2D eigenvalue weighted by Gasteiger charge is -2.33. The topological polar surface area (TPSA) is 49.4 Å². The molecule has 1 N–H and O–H groups in total. The van der Waals surface area contributed by atoms with E-state index >= 15 is 0 Å². The predicted molar refractivity (Wildman–Crippen MR) is 99.4 cm³/mol. The van der Waals surface area contributed by atoms with Crippen LogP contribution >= 0.6 is 23.2 Å². The van der Waals surface area contributed by atoms with Crippen LogP contribution in [-0.4, -0.2) is 34.1 Å². The second kappa shape index (κ2) is 7.01. The minimum atomic E-state index is -0.971. The number of amides is 2. The van der Waals surface area contributed by atoms with Gasteiger partial charge in [-0.25, -0.2) is 4.39 Å². The van der Waals surface area contributed by atoms with Gasteiger partial charge in [0.2, 0.25) is 11.8 Å². The van der Waals surface area contributed by atoms with E-state index in [0.717, 1.165) is 5.56 Å². The van der Waals surface area contributed by atoms with Gasteiger partial charge < -0.3 is 10.2 Å². The molecule has 1 saturated heterocycles. The summed E-state index contributed by atoms with van der Waals surface area (Å²) >= 11 is 12.2. The zero-order valence-corrected chi connectivity index (χ0v) is 16.5. The van der Waals surface area contributed by atoms with Gasteiger partial charge in [-0.05, 0) is 50.3 Å². The maximum absolute atomic E-state index is 13.6. The first-order chi connectivity index (χ1) is 12.1. The van der Waals surface area contributed by atoms with E-state index in [1.54, 1.807) is 30.9 Å². The summed E-state index contributed by atoms with van der Waals surface area (Å²) in [6.45, 7) is 4.83. The van der Waals surface area contributed by atoms with Gasteiger partial charge >= 0.3 is 0 Å². The van der Waals surface area contributed by atoms with Crippen molar-refractivity contribution in [1.29, 1.82) is 0 Å². The predicted octanol–water partition coefficient (Wildman–Crippen LogP) is 3.57. The number of aryl methyl sites for hydroxylation is 1. The Morgan fingerprint density at radius 3 is 2.46 bits per heavy atom. The maximum Gasteiger partial charge on any atom is 0.231 e. The molecule has 26 heavy (non-hydrogen) atoms. The van der Waals surface area contributed by atoms with Crippen molar-refractivity contribution >= 4 is 35.0 Å². The first kappa shape index (κ1) is 19.4. The third-order valence-electron chi connectivity index (χ3n) is 5.59. The monoisotopic (exact) mass is 400 g/mol. The van der Waals surface area contributed by atoms with E-state index in [2.05, 4.69) is 5.32 Å². The van der Waals surface area contributed by atoms with Crippen molar-refractivity contribution in [3.8, 4) is 0 Å². The summed E-state index contributed by atoms with van der Waals surface area (Å²) in [4.78, 5) is 26.7. The molecule has 142 valence electrons. The second-order valence-corrected chi connectivity index (χ2v) is 9.07. The Labute approximate surface area is 163 Å². The summed E-state index contributed by atoms with van der Waals surface area (Å²) < 4.78 is 12.6. The molecule has 1 heterocycles. The smallest absolute Gasteiger partial charge is 0.231 e. The number of carbonyl (C=O) groups excluding carboxylic acids is 2. The standard InChI is InChI=1S/C19H23Cl2FN2O2/c1-12-3-4-13(9-15(12)22)10-23-16(25)14-5-7-24(8-6-14)17(26)18(2)11-19(18,20)21/h3-4,9,14H,5-8,10-11H2,1-2H3,(H,23,25). The highest BCUT2D eigenvalue weighted by atomic mass is 35.5. The molecule has 1 saturated carbocycles. The number of halogens is 3. The number of rotatable bonds is 4. The Bertz CT molecular complexity index is 732. The van der Waals surface area contributed by atoms with Crippen molar-refractivity contribution in [2.75, 3.05) is 13.1 Å². The van der Waals surface area contributed by atoms with Crippen molar-refractivity contribution in [1.82, 2.24) is 10.2 Å². The molecule has 0 spiro atoms. The number of carbonyl (C=O) groups is 2. The molecule has 0 radical (unpaired) electrons. The lowest BCUT2D eigenvalue weighted by molar-refractivity contribution is -0.140. The highest BCUT2D eigenvalue weighted by Gasteiger charge is 2.68. The van der Waals surface area contributed by atoms with Gasteiger partial charge in [0, 0.05) is 25.6 Å². The van der Waals surface area contributed by atoms with Crippen LogP contribution in [0.2, 0.25) is 0 Å². The molecule has 2 amide bonds. The van der Waals surface area contributed by atoms with Gasteiger partial charge in [-0.15, -0.1) is 23.2 Å². The van der Waals surface area contributed by atoms with Crippen molar-refractivity contribution in [2.24, 2.45) is 11.3 Å². The summed E-state index contributed by atoms with van der Waals surface area (Å²) in [5.74, 6) is -0.499. The minimum absolute atomic E-state index is 0.0310. The summed E-state index contributed by atoms with van der Waals surface area (Å²) in [5, 5.41) is 2.86. The minimum Gasteiger partial charge on any atom is -0.352 e. The number of likely N-dealkylation sites (tertiary alicyclic amines) is 1. The molecule has 2 aliphatic rings. The van der Waals surface area contributed by atoms with Gasteiger partial charge in [-0.1, -0.05) is 12.1 Å². The van der Waals surface area contributed by atoms with Crippen molar-refractivity contribution in [2.45, 2.75) is 44.0 Å². The summed E-state index contributed by atoms with van der Waals surface area (Å²) in [6, 6.07) is 4.95. The average Bonchev–Trinajstić information content (AvgIpc) is 3.14. The number of nitrogens with one attached hydrogen (secondary N) is 1. The van der Waals surface area contributed by atoms with Gasteiger partial charge in [0.15, 0.2) is 0 Å². The molecule has 1 unspecified atom stereocenters. The number of piperidine rings is 1. The molecule has 1 aliphatic heterocycles. The van der Waals surface area contributed by atoms with E-state index in [1.807, 2.05) is 0 Å². The SMILES string of the molecule is Cc1ccc(CNC(=O)C2CCN(C(=O)C3(C)CC3(Cl)Cl)CC2)cc1F. The Kier molecular flexibility index (Phi) is 5.24. The third-order valence-corrected chi connectivity index (χ3v) is 6.69. The lowest BCUT2D eigenvalue weighted by Crippen LogP contribution is -2.46. The van der Waals surface area contributed by atoms with Gasteiger partial charge in [-0.3, -0.25) is 9.59 Å². The van der Waals surface area contributed by atoms with E-state index < -0.39 is 9.75 Å². The van der Waals surface area contributed by atoms with Crippen molar-refractivity contribution in [3.05, 3.63) is 35.1 Å². The fraction of sp³-hybridized carbons (Fsp3) is 0.579. The van der Waals surface area contributed by atoms with Gasteiger partial charge in [0.05, 0.1) is 5.41 Å². The summed E-state index contributed by atoms with van der Waals surface area (Å²) in [6.07, 6.45) is 1.68. The van der Waals surface area contributed by atoms with Crippen LogP contribution in [0, 0.1) is 24.1 Å². The molecule has 1 aliphatic carbocycles. The molecule has 0 aromatic heterocycles. The third kappa shape index (κ3) is 3.70. The van der Waals surface area contributed by atoms with Gasteiger partial charge in [0.1, 0.15) is 10.2 Å². The molecule has 7 heteroatoms. The van der Waals surface area contributed by atoms with E-state index in [1.165, 1.54) is 6.07 Å². The Morgan fingerprint density at radius 1 is 1.31 bits per heavy atom. The molecular formula is C19H23Cl2FN2O2. The van der Waals surface area contributed by atoms with Crippen LogP contribution in [0.15, 0.2) is 18.2 Å². The molecule has 4 nitrogen and oxygen atoms in total. The number of hydrogen-bond donors (Lipinski definition) is 1. The number of nitrogens with zero attached hydrogens (tertiary/aromatic N) is 1. The molecule has 1 aromatic rings. The van der Waals surface area contributed by atoms with Gasteiger partial charge in [0.25, 0.3) is 0 Å². The first-order valence-electron chi connectivity index (χ1n) is 8.84. The summed E-state index contributed by atoms with van der Waals surface area (Å²) in [5.41, 5.74) is 0.608. The van der Waals surface area contributed by atoms with Crippen LogP contribution in [-0.2, 0) is 16.1 Å². The van der Waals surface area contributed by atoms with E-state index in [0.29, 0.717) is 44.5 Å². The second-order valence-electron chi connectivity index (χ2n) is 7.58. The zero-order valence-electron chi connectivity index (χ0n) is 14.9. The lowest BCUT2D eigenvalue weighted by atomic mass is 9.94. The first-order valence-corrected chi connectivity index (χ1v) is 9.59. The number of alkyl halides is 2. The van der Waals surface area contributed by atoms with Crippen LogP contribution in [0.3, 0.4) is 0 Å². The van der Waals surface area contributed by atoms with Crippen molar-refractivity contribution in [3.63, 3.8) is 0 Å². The molecule has 3 rings (SSSR count). The molecule has 0 bridgehead atoms. The highest BCUT2D eigenvalue weighted by Crippen LogP contribution is 2.64. The Morgan fingerprint density at radius 2 is 1.92 bits per heavy atom. The fourth-order valence-corrected chi connectivity index (χ4v) is 4.10. The van der Waals surface area contributed by atoms with Crippen LogP contribution < -0.4 is 5.32 Å². The average molecular weight is 401 g/mol. The Hall–Kier alpha value is -1.33. The van der Waals surface area contributed by atoms with E-state index in [9.17, 15) is 14.0 Å². The van der Waals surface area contributed by atoms with Crippen LogP contribution in [0.1, 0.15) is 37.3 Å². The van der Waals surface area contributed by atoms with Crippen LogP contribution in [0.4, 0.5) is 4.39 Å². The highest BCUT2D eigenvalue weighted by molar-refractivity contribution is 6.53. The Balaban J connectivity index is 1.48. The molecule has 1 atom stereocenters. The van der Waals surface area contributed by atoms with E-state index in [4.69, 9.17) is 23.2 Å². The molecule has 1 aromatic carbocycles.